The van der Waals surface area contributed by atoms with Crippen LogP contribution in [0.3, 0.4) is 0 Å². The minimum Gasteiger partial charge on any atom is -0.445 e. The van der Waals surface area contributed by atoms with Crippen molar-refractivity contribution in [2.45, 2.75) is 56.0 Å². The summed E-state index contributed by atoms with van der Waals surface area (Å²) in [4.78, 5) is 40.7. The van der Waals surface area contributed by atoms with Crippen molar-refractivity contribution < 1.29 is 33.7 Å². The largest absolute Gasteiger partial charge is 0.445 e. The van der Waals surface area contributed by atoms with Gasteiger partial charge in [-0.25, -0.2) is 9.69 Å². The molecule has 47 heavy (non-hydrogen) atoms. The molecule has 2 aliphatic rings. The molecule has 0 bridgehead atoms. The Kier molecular flexibility index (Phi) is 10.3. The van der Waals surface area contributed by atoms with E-state index in [0.29, 0.717) is 11.4 Å². The summed E-state index contributed by atoms with van der Waals surface area (Å²) in [5.74, 6) is -0.194. The van der Waals surface area contributed by atoms with Gasteiger partial charge in [0.25, 0.3) is 5.91 Å². The SMILES string of the molecule is CC1C(CSc2ccccc2)OC(c2ccc(N3C(=O)CC(NC(=O)OCc4ccccc4)C3=O)cc2)OC1c1ccc(CO)cc1. The first-order chi connectivity index (χ1) is 22.9. The van der Waals surface area contributed by atoms with Gasteiger partial charge in [-0.1, -0.05) is 91.9 Å². The summed E-state index contributed by atoms with van der Waals surface area (Å²) in [7, 11) is 0. The predicted molar refractivity (Wildman–Crippen MR) is 177 cm³/mol. The molecule has 2 saturated heterocycles. The minimum atomic E-state index is -1.02. The molecule has 4 aromatic rings. The molecular weight excluding hydrogens is 616 g/mol. The number of amides is 3. The summed E-state index contributed by atoms with van der Waals surface area (Å²) in [5.41, 5.74) is 3.76. The summed E-state index contributed by atoms with van der Waals surface area (Å²) >= 11 is 1.72. The number of imide groups is 1. The third-order valence-electron chi connectivity index (χ3n) is 8.36. The summed E-state index contributed by atoms with van der Waals surface area (Å²) in [6, 6.07) is 33.0. The van der Waals surface area contributed by atoms with Crippen molar-refractivity contribution in [3.05, 3.63) is 131 Å². The molecular formula is C37H36N2O7S. The van der Waals surface area contributed by atoms with Crippen LogP contribution in [0.2, 0.25) is 0 Å². The lowest BCUT2D eigenvalue weighted by molar-refractivity contribution is -0.268. The fourth-order valence-electron chi connectivity index (χ4n) is 5.71. The van der Waals surface area contributed by atoms with Crippen LogP contribution in [0.4, 0.5) is 10.5 Å². The van der Waals surface area contributed by atoms with E-state index in [-0.39, 0.29) is 37.8 Å². The first-order valence-electron chi connectivity index (χ1n) is 15.5. The predicted octanol–water partition coefficient (Wildman–Crippen LogP) is 6.32. The maximum Gasteiger partial charge on any atom is 0.408 e. The number of nitrogens with one attached hydrogen (secondary N) is 1. The number of carbonyl (C=O) groups excluding carboxylic acids is 3. The van der Waals surface area contributed by atoms with Gasteiger partial charge in [0.1, 0.15) is 12.6 Å². The molecule has 4 aromatic carbocycles. The summed E-state index contributed by atoms with van der Waals surface area (Å²) < 4.78 is 18.3. The van der Waals surface area contributed by atoms with E-state index in [9.17, 15) is 19.5 Å². The number of nitrogens with zero attached hydrogens (tertiary/aromatic N) is 1. The minimum absolute atomic E-state index is 0.0328. The Hall–Kier alpha value is -4.48. The number of aliphatic hydroxyl groups excluding tert-OH is 1. The second-order valence-electron chi connectivity index (χ2n) is 11.6. The van der Waals surface area contributed by atoms with Gasteiger partial charge in [0.15, 0.2) is 6.29 Å². The van der Waals surface area contributed by atoms with Gasteiger partial charge in [0.2, 0.25) is 5.91 Å². The van der Waals surface area contributed by atoms with E-state index in [2.05, 4.69) is 24.4 Å². The Labute approximate surface area is 277 Å². The highest BCUT2D eigenvalue weighted by Crippen LogP contribution is 2.43. The molecule has 3 amide bonds. The Morgan fingerprint density at radius 3 is 2.21 bits per heavy atom. The molecule has 6 rings (SSSR count). The zero-order valence-electron chi connectivity index (χ0n) is 25.9. The van der Waals surface area contributed by atoms with Crippen molar-refractivity contribution in [3.8, 4) is 0 Å². The lowest BCUT2D eigenvalue weighted by Gasteiger charge is -2.41. The molecule has 0 aliphatic carbocycles. The van der Waals surface area contributed by atoms with Crippen LogP contribution in [0.1, 0.15) is 48.0 Å². The molecule has 2 aliphatic heterocycles. The average Bonchev–Trinajstić information content (AvgIpc) is 3.39. The van der Waals surface area contributed by atoms with E-state index < -0.39 is 30.2 Å². The molecule has 2 heterocycles. The number of alkyl carbamates (subject to hydrolysis) is 1. The number of hydrogen-bond donors (Lipinski definition) is 2. The molecule has 5 atom stereocenters. The Morgan fingerprint density at radius 1 is 0.872 bits per heavy atom. The molecule has 10 heteroatoms. The number of anilines is 1. The van der Waals surface area contributed by atoms with E-state index in [4.69, 9.17) is 14.2 Å². The molecule has 2 N–H and O–H groups in total. The smallest absolute Gasteiger partial charge is 0.408 e. The molecule has 9 nitrogen and oxygen atoms in total. The number of rotatable bonds is 10. The lowest BCUT2D eigenvalue weighted by atomic mass is 9.91. The number of hydrogen-bond acceptors (Lipinski definition) is 8. The number of thioether (sulfide) groups is 1. The summed E-state index contributed by atoms with van der Waals surface area (Å²) in [6.45, 7) is 2.14. The van der Waals surface area contributed by atoms with Gasteiger partial charge in [-0.05, 0) is 41.0 Å². The van der Waals surface area contributed by atoms with Gasteiger partial charge < -0.3 is 24.6 Å². The monoisotopic (exact) mass is 652 g/mol. The van der Waals surface area contributed by atoms with Crippen molar-refractivity contribution in [1.82, 2.24) is 5.32 Å². The number of benzene rings is 4. The number of carbonyl (C=O) groups is 3. The summed E-state index contributed by atoms with van der Waals surface area (Å²) in [5, 5.41) is 12.0. The van der Waals surface area contributed by atoms with E-state index in [0.717, 1.165) is 32.0 Å². The molecule has 0 radical (unpaired) electrons. The topological polar surface area (TPSA) is 114 Å². The number of ether oxygens (including phenoxy) is 3. The van der Waals surface area contributed by atoms with Crippen LogP contribution in [0.15, 0.2) is 114 Å². The van der Waals surface area contributed by atoms with Crippen LogP contribution in [-0.4, -0.2) is 40.9 Å². The maximum atomic E-state index is 13.2. The first-order valence-corrected chi connectivity index (χ1v) is 16.5. The van der Waals surface area contributed by atoms with Crippen LogP contribution in [-0.2, 0) is 37.0 Å². The second-order valence-corrected chi connectivity index (χ2v) is 12.7. The lowest BCUT2D eigenvalue weighted by Crippen LogP contribution is -2.42. The van der Waals surface area contributed by atoms with Gasteiger partial charge >= 0.3 is 6.09 Å². The van der Waals surface area contributed by atoms with E-state index in [1.165, 1.54) is 0 Å². The molecule has 0 aromatic heterocycles. The third-order valence-corrected chi connectivity index (χ3v) is 9.46. The van der Waals surface area contributed by atoms with Crippen molar-refractivity contribution in [2.24, 2.45) is 5.92 Å². The molecule has 2 fully saturated rings. The highest BCUT2D eigenvalue weighted by atomic mass is 32.2. The zero-order valence-corrected chi connectivity index (χ0v) is 26.7. The maximum absolute atomic E-state index is 13.2. The normalized spacial score (nSPS) is 22.7. The highest BCUT2D eigenvalue weighted by Gasteiger charge is 2.41. The highest BCUT2D eigenvalue weighted by molar-refractivity contribution is 7.99. The van der Waals surface area contributed by atoms with Gasteiger partial charge in [-0.15, -0.1) is 11.8 Å². The van der Waals surface area contributed by atoms with Crippen molar-refractivity contribution in [1.29, 1.82) is 0 Å². The van der Waals surface area contributed by atoms with Crippen molar-refractivity contribution in [3.63, 3.8) is 0 Å². The van der Waals surface area contributed by atoms with Gasteiger partial charge in [0.05, 0.1) is 30.9 Å². The molecule has 0 spiro atoms. The Morgan fingerprint density at radius 2 is 1.53 bits per heavy atom. The van der Waals surface area contributed by atoms with E-state index in [1.807, 2.05) is 72.8 Å². The van der Waals surface area contributed by atoms with Crippen molar-refractivity contribution >= 4 is 35.4 Å². The van der Waals surface area contributed by atoms with Gasteiger partial charge in [-0.3, -0.25) is 9.59 Å². The Balaban J connectivity index is 1.14. The molecule has 0 saturated carbocycles. The van der Waals surface area contributed by atoms with Gasteiger partial charge in [-0.2, -0.15) is 0 Å². The van der Waals surface area contributed by atoms with Crippen LogP contribution in [0.25, 0.3) is 0 Å². The average molecular weight is 653 g/mol. The fourth-order valence-corrected chi connectivity index (χ4v) is 6.80. The Bertz CT molecular complexity index is 1670. The quantitative estimate of drug-likeness (QED) is 0.151. The van der Waals surface area contributed by atoms with Gasteiger partial charge in [0, 0.05) is 22.1 Å². The fraction of sp³-hybridized carbons (Fsp3) is 0.270. The van der Waals surface area contributed by atoms with Crippen LogP contribution >= 0.6 is 11.8 Å². The third kappa shape index (κ3) is 7.74. The van der Waals surface area contributed by atoms with E-state index in [1.54, 1.807) is 36.0 Å². The molecule has 5 unspecified atom stereocenters. The first kappa shape index (κ1) is 32.5. The van der Waals surface area contributed by atoms with Crippen LogP contribution < -0.4 is 10.2 Å². The van der Waals surface area contributed by atoms with Crippen molar-refractivity contribution in [2.75, 3.05) is 10.7 Å². The van der Waals surface area contributed by atoms with E-state index >= 15 is 0 Å². The second kappa shape index (κ2) is 15.0. The number of aliphatic hydroxyl groups is 1. The molecule has 242 valence electrons. The summed E-state index contributed by atoms with van der Waals surface area (Å²) in [6.07, 6.45) is -2.03. The van der Waals surface area contributed by atoms with Crippen LogP contribution in [0.5, 0.6) is 0 Å². The van der Waals surface area contributed by atoms with Crippen LogP contribution in [0, 0.1) is 5.92 Å². The standard InChI is InChI=1S/C37H36N2O7S/c1-24-32(23-47-30-10-6-3-7-11-30)45-36(46-34(24)27-14-12-25(21-40)13-15-27)28-16-18-29(19-17-28)39-33(41)20-31(35(39)42)38-37(43)44-22-26-8-4-2-5-9-26/h2-19,24,31-32,34,36,40H,20-23H2,1H3,(H,38,43). The zero-order chi connectivity index (χ0) is 32.8.